The Morgan fingerprint density at radius 2 is 1.78 bits per heavy atom. The van der Waals surface area contributed by atoms with Crippen LogP contribution < -0.4 is 22.1 Å². The fourth-order valence-electron chi connectivity index (χ4n) is 9.74. The van der Waals surface area contributed by atoms with Gasteiger partial charge in [-0.1, -0.05) is 5.16 Å². The van der Waals surface area contributed by atoms with Crippen molar-refractivity contribution in [1.82, 2.24) is 40.3 Å². The molecule has 16 nitrogen and oxygen atoms in total. The van der Waals surface area contributed by atoms with Gasteiger partial charge in [0.1, 0.15) is 17.8 Å². The molecule has 3 unspecified atom stereocenters. The Morgan fingerprint density at radius 1 is 1.07 bits per heavy atom. The molecule has 8 rings (SSSR count). The molecule has 3 heterocycles. The summed E-state index contributed by atoms with van der Waals surface area (Å²) in [4.78, 5) is 56.2. The highest BCUT2D eigenvalue weighted by Crippen LogP contribution is 2.60. The minimum absolute atomic E-state index is 0.0717. The Bertz CT molecular complexity index is 1900. The van der Waals surface area contributed by atoms with E-state index in [-0.39, 0.29) is 36.3 Å². The molecule has 4 aliphatic rings. The number of nitrogens with one attached hydrogen (secondary N) is 3. The van der Waals surface area contributed by atoms with Crippen LogP contribution in [0.5, 0.6) is 5.75 Å². The van der Waals surface area contributed by atoms with E-state index >= 15 is 0 Å². The average molecular weight is 743 g/mol. The second kappa shape index (κ2) is 15.5. The van der Waals surface area contributed by atoms with E-state index in [2.05, 4.69) is 30.7 Å². The molecule has 4 fully saturated rings. The van der Waals surface area contributed by atoms with Crippen LogP contribution in [-0.2, 0) is 40.1 Å². The van der Waals surface area contributed by atoms with Crippen molar-refractivity contribution in [3.63, 3.8) is 0 Å². The van der Waals surface area contributed by atoms with Crippen molar-refractivity contribution in [3.8, 4) is 5.75 Å². The van der Waals surface area contributed by atoms with Crippen LogP contribution in [0.2, 0.25) is 0 Å². The van der Waals surface area contributed by atoms with Gasteiger partial charge in [0.05, 0.1) is 6.33 Å². The first-order valence-electron chi connectivity index (χ1n) is 18.8. The molecule has 3 atom stereocenters. The summed E-state index contributed by atoms with van der Waals surface area (Å²) in [7, 11) is 0. The largest absolute Gasteiger partial charge is 0.508 e. The molecule has 0 aliphatic heterocycles. The van der Waals surface area contributed by atoms with Crippen molar-refractivity contribution in [2.45, 2.75) is 109 Å². The molecule has 0 spiro atoms. The molecular weight excluding hydrogens is 692 g/mol. The minimum Gasteiger partial charge on any atom is -0.508 e. The third-order valence-electron chi connectivity index (χ3n) is 11.7. The zero-order valence-electron chi connectivity index (χ0n) is 30.8. The monoisotopic (exact) mass is 742 g/mol. The number of aryl methyl sites for hydroxylation is 3. The number of nitrogens with zero attached hydrogens (tertiary/aromatic N) is 5. The second-order valence-electron chi connectivity index (χ2n) is 15.9. The van der Waals surface area contributed by atoms with Gasteiger partial charge in [0.2, 0.25) is 11.8 Å². The van der Waals surface area contributed by atoms with Crippen molar-refractivity contribution in [1.29, 1.82) is 0 Å². The van der Waals surface area contributed by atoms with Crippen LogP contribution in [0.3, 0.4) is 0 Å². The number of H-pyrrole nitrogens is 1. The second-order valence-corrected chi connectivity index (χ2v) is 15.9. The summed E-state index contributed by atoms with van der Waals surface area (Å²) in [5.74, 6) is 2.44. The number of ether oxygens (including phenoxy) is 1. The van der Waals surface area contributed by atoms with Gasteiger partial charge in [-0.3, -0.25) is 9.59 Å². The lowest BCUT2D eigenvalue weighted by atomic mass is 9.49. The van der Waals surface area contributed by atoms with E-state index < -0.39 is 36.1 Å². The summed E-state index contributed by atoms with van der Waals surface area (Å²) in [5.41, 5.74) is 14.4. The molecule has 1 aromatic carbocycles. The lowest BCUT2D eigenvalue weighted by Crippen LogP contribution is -2.52. The van der Waals surface area contributed by atoms with Gasteiger partial charge >= 0.3 is 6.09 Å². The minimum atomic E-state index is -1.28. The number of primary amides is 1. The molecule has 54 heavy (non-hydrogen) atoms. The van der Waals surface area contributed by atoms with Gasteiger partial charge < -0.3 is 46.0 Å². The van der Waals surface area contributed by atoms with Crippen molar-refractivity contribution >= 4 is 23.9 Å². The zero-order valence-corrected chi connectivity index (χ0v) is 30.8. The Hall–Kier alpha value is -5.41. The van der Waals surface area contributed by atoms with E-state index in [0.29, 0.717) is 24.7 Å². The van der Waals surface area contributed by atoms with Crippen LogP contribution in [0.4, 0.5) is 10.7 Å². The fraction of sp³-hybridized carbons (Fsp3) is 0.553. The van der Waals surface area contributed by atoms with Crippen LogP contribution in [-0.4, -0.2) is 64.8 Å². The van der Waals surface area contributed by atoms with E-state index in [1.807, 2.05) is 13.8 Å². The number of phenolic OH excluding ortho intramolecular Hbond substituents is 1. The van der Waals surface area contributed by atoms with Crippen molar-refractivity contribution in [2.75, 3.05) is 5.73 Å². The summed E-state index contributed by atoms with van der Waals surface area (Å²) in [6, 6.07) is 1.31. The molecule has 288 valence electrons. The number of nitrogen functional groups attached to an aromatic ring is 1. The maximum absolute atomic E-state index is 14.4. The molecule has 4 bridgehead atoms. The topological polar surface area (TPSA) is 242 Å². The fourth-order valence-corrected chi connectivity index (χ4v) is 9.74. The number of phenols is 1. The lowest BCUT2D eigenvalue weighted by Gasteiger charge is -2.56. The Morgan fingerprint density at radius 3 is 2.39 bits per heavy atom. The van der Waals surface area contributed by atoms with Crippen LogP contribution >= 0.6 is 0 Å². The highest BCUT2D eigenvalue weighted by Gasteiger charge is 2.51. The van der Waals surface area contributed by atoms with Crippen LogP contribution in [0.1, 0.15) is 91.5 Å². The molecule has 4 saturated carbocycles. The quantitative estimate of drug-likeness (QED) is 0.0966. The van der Waals surface area contributed by atoms with Gasteiger partial charge in [-0.15, -0.1) is 0 Å². The normalized spacial score (nSPS) is 23.1. The van der Waals surface area contributed by atoms with Gasteiger partial charge in [0, 0.05) is 50.1 Å². The average Bonchev–Trinajstić information content (AvgIpc) is 3.87. The highest BCUT2D eigenvalue weighted by atomic mass is 16.6. The third-order valence-corrected chi connectivity index (χ3v) is 11.7. The molecule has 4 aliphatic carbocycles. The number of imidazole rings is 2. The first-order chi connectivity index (χ1) is 25.9. The Labute approximate surface area is 313 Å². The van der Waals surface area contributed by atoms with Crippen molar-refractivity contribution in [3.05, 3.63) is 71.1 Å². The molecule has 3 amide bonds. The first-order valence-corrected chi connectivity index (χ1v) is 18.8. The summed E-state index contributed by atoms with van der Waals surface area (Å²) in [6.07, 6.45) is 13.3. The number of aromatic nitrogens is 6. The molecular formula is C38H50N10O6. The third kappa shape index (κ3) is 8.52. The number of amides is 3. The predicted octanol–water partition coefficient (Wildman–Crippen LogP) is 3.72. The summed E-state index contributed by atoms with van der Waals surface area (Å²) in [5, 5.41) is 20.5. The number of anilines is 1. The molecule has 8 N–H and O–H groups in total. The van der Waals surface area contributed by atoms with Gasteiger partial charge in [-0.25, -0.2) is 14.8 Å². The van der Waals surface area contributed by atoms with Gasteiger partial charge in [0.15, 0.2) is 17.9 Å². The number of aromatic hydroxyl groups is 1. The predicted molar refractivity (Wildman–Crippen MR) is 195 cm³/mol. The number of hydrogen-bond donors (Lipinski definition) is 6. The maximum Gasteiger partial charge on any atom is 0.405 e. The first kappa shape index (κ1) is 36.9. The molecule has 4 aromatic rings. The lowest BCUT2D eigenvalue weighted by molar-refractivity contribution is -0.134. The Balaban J connectivity index is 1.11. The molecule has 16 heteroatoms. The van der Waals surface area contributed by atoms with E-state index in [9.17, 15) is 19.5 Å². The highest BCUT2D eigenvalue weighted by molar-refractivity contribution is 5.90. The van der Waals surface area contributed by atoms with E-state index in [1.165, 1.54) is 38.5 Å². The number of aromatic amines is 1. The van der Waals surface area contributed by atoms with E-state index in [0.717, 1.165) is 46.6 Å². The summed E-state index contributed by atoms with van der Waals surface area (Å²) >= 11 is 0. The smallest absolute Gasteiger partial charge is 0.405 e. The molecule has 0 radical (unpaired) electrons. The van der Waals surface area contributed by atoms with Gasteiger partial charge in [-0.05, 0) is 117 Å². The van der Waals surface area contributed by atoms with Crippen LogP contribution in [0.15, 0.2) is 41.6 Å². The van der Waals surface area contributed by atoms with Gasteiger partial charge in [-0.2, -0.15) is 4.98 Å². The molecule has 0 saturated heterocycles. The van der Waals surface area contributed by atoms with Crippen molar-refractivity contribution < 1.29 is 28.8 Å². The number of rotatable bonds is 16. The van der Waals surface area contributed by atoms with Crippen LogP contribution in [0.25, 0.3) is 0 Å². The number of carbonyl (C=O) groups is 3. The molecule has 3 aromatic heterocycles. The maximum atomic E-state index is 14.4. The summed E-state index contributed by atoms with van der Waals surface area (Å²) < 4.78 is 12.8. The van der Waals surface area contributed by atoms with E-state index in [1.54, 1.807) is 41.6 Å². The Kier molecular flexibility index (Phi) is 10.6. The SMILES string of the molecule is Cc1cc(O)cc(C)c1CC(NC(=O)C(CCCn1ccnc1N)OC(N)=O)C(=O)NC(Cc1cnc[nH]1)c1nc(CC23CC4CC(CC(C4)C2)C3)no1. The number of carbonyl (C=O) groups excluding carboxylic acids is 3. The standard InChI is InChI=1S/C38H50N10O6/c1-21-8-27(49)9-22(2)28(21)14-29(44-34(51)31(53-37(40)52)4-3-6-48-7-5-42-36(48)39)33(50)45-30(13-26-19-41-20-43-26)35-46-32(47-54-35)18-38-15-23-10-24(16-38)12-25(11-23)17-38/h5,7-9,19-20,23-25,29-31,49H,3-4,6,10-18H2,1-2H3,(H2,39,42)(H2,40,52)(H,41,43)(H,44,51)(H,45,50). The summed E-state index contributed by atoms with van der Waals surface area (Å²) in [6.45, 7) is 4.06. The van der Waals surface area contributed by atoms with Gasteiger partial charge in [0.25, 0.3) is 5.91 Å². The van der Waals surface area contributed by atoms with Crippen molar-refractivity contribution in [2.24, 2.45) is 28.9 Å². The zero-order chi connectivity index (χ0) is 38.0. The number of hydrogen-bond acceptors (Lipinski definition) is 11. The number of nitrogens with two attached hydrogens (primary N) is 2. The number of benzene rings is 1. The van der Waals surface area contributed by atoms with E-state index in [4.69, 9.17) is 25.7 Å². The van der Waals surface area contributed by atoms with Crippen LogP contribution in [0, 0.1) is 37.0 Å².